The van der Waals surface area contributed by atoms with Gasteiger partial charge in [0, 0.05) is 0 Å². The molecule has 0 saturated carbocycles. The van der Waals surface area contributed by atoms with Crippen molar-refractivity contribution in [1.82, 2.24) is 4.90 Å². The van der Waals surface area contributed by atoms with Crippen LogP contribution in [0.5, 0.6) is 0 Å². The zero-order chi connectivity index (χ0) is 6.78. The minimum Gasteiger partial charge on any atom is -0.389 e. The van der Waals surface area contributed by atoms with Crippen molar-refractivity contribution in [2.75, 3.05) is 20.3 Å². The molecule has 0 aromatic rings. The summed E-state index contributed by atoms with van der Waals surface area (Å²) in [6, 6.07) is 0. The minimum atomic E-state index is -3.79. The first-order valence-electron chi connectivity index (χ1n) is 2.24. The van der Waals surface area contributed by atoms with Gasteiger partial charge >= 0.3 is 8.80 Å². The van der Waals surface area contributed by atoms with E-state index in [1.165, 1.54) is 4.90 Å². The van der Waals surface area contributed by atoms with Gasteiger partial charge in [0.05, 0.1) is 6.17 Å². The van der Waals surface area contributed by atoms with E-state index in [4.69, 9.17) is 14.4 Å². The Kier molecular flexibility index (Phi) is 2.58. The zero-order valence-electron chi connectivity index (χ0n) is 5.00. The molecule has 0 unspecified atom stereocenters. The third-order valence-corrected chi connectivity index (χ3v) is 1.59. The Balaban J connectivity index is 3.39. The number of hydrogen-bond acceptors (Lipinski definition) is 4. The van der Waals surface area contributed by atoms with Crippen LogP contribution in [-0.2, 0) is 0 Å². The van der Waals surface area contributed by atoms with E-state index in [1.54, 1.807) is 14.1 Å². The maximum atomic E-state index is 8.40. The van der Waals surface area contributed by atoms with Crippen molar-refractivity contribution in [3.05, 3.63) is 0 Å². The predicted octanol–water partition coefficient (Wildman–Crippen LogP) is -2.00. The predicted molar refractivity (Wildman–Crippen MR) is 31.0 cm³/mol. The fourth-order valence-electron chi connectivity index (χ4n) is 0.424. The van der Waals surface area contributed by atoms with E-state index in [9.17, 15) is 0 Å². The molecule has 0 spiro atoms. The number of hydrogen-bond donors (Lipinski definition) is 3. The number of nitrogens with zero attached hydrogens (tertiary/aromatic N) is 1. The molecule has 0 heterocycles. The Bertz CT molecular complexity index is 69.4. The first-order chi connectivity index (χ1) is 3.42. The van der Waals surface area contributed by atoms with E-state index >= 15 is 0 Å². The molecule has 0 aliphatic heterocycles. The average Bonchev–Trinajstić information content (AvgIpc) is 1.21. The Hall–Kier alpha value is 0.0569. The Labute approximate surface area is 49.4 Å². The molecule has 0 fully saturated rings. The second-order valence-corrected chi connectivity index (χ2v) is 3.88. The second-order valence-electron chi connectivity index (χ2n) is 2.01. The lowest BCUT2D eigenvalue weighted by molar-refractivity contribution is 0.204. The lowest BCUT2D eigenvalue weighted by atomic mass is 11.0. The first-order valence-corrected chi connectivity index (χ1v) is 4.28. The van der Waals surface area contributed by atoms with E-state index in [2.05, 4.69) is 0 Å². The quantitative estimate of drug-likeness (QED) is 0.385. The third kappa shape index (κ3) is 6.06. The van der Waals surface area contributed by atoms with Gasteiger partial charge in [0.25, 0.3) is 0 Å². The summed E-state index contributed by atoms with van der Waals surface area (Å²) in [6.45, 7) is 0. The standard InChI is InChI=1S/C3H11NO3Si/c1-4(2)3-8(5,6)7/h5-7H,3H2,1-2H3. The third-order valence-electron chi connectivity index (χ3n) is 0.528. The molecule has 0 saturated heterocycles. The van der Waals surface area contributed by atoms with Crippen LogP contribution in [-0.4, -0.2) is 48.4 Å². The summed E-state index contributed by atoms with van der Waals surface area (Å²) < 4.78 is 0. The highest BCUT2D eigenvalue weighted by Gasteiger charge is 2.27. The van der Waals surface area contributed by atoms with Crippen molar-refractivity contribution in [2.45, 2.75) is 0 Å². The van der Waals surface area contributed by atoms with Gasteiger partial charge in [0.15, 0.2) is 0 Å². The van der Waals surface area contributed by atoms with Crippen molar-refractivity contribution < 1.29 is 14.4 Å². The van der Waals surface area contributed by atoms with Gasteiger partial charge in [-0.05, 0) is 14.1 Å². The lowest BCUT2D eigenvalue weighted by Crippen LogP contribution is -2.45. The smallest absolute Gasteiger partial charge is 0.389 e. The Morgan fingerprint density at radius 2 is 1.62 bits per heavy atom. The van der Waals surface area contributed by atoms with E-state index in [1.807, 2.05) is 0 Å². The van der Waals surface area contributed by atoms with Crippen LogP contribution >= 0.6 is 0 Å². The molecule has 3 N–H and O–H groups in total. The van der Waals surface area contributed by atoms with Gasteiger partial charge in [-0.15, -0.1) is 0 Å². The van der Waals surface area contributed by atoms with Crippen molar-refractivity contribution in [2.24, 2.45) is 0 Å². The van der Waals surface area contributed by atoms with Crippen LogP contribution in [0.1, 0.15) is 0 Å². The molecule has 0 atom stereocenters. The van der Waals surface area contributed by atoms with E-state index in [0.717, 1.165) is 0 Å². The minimum absolute atomic E-state index is 0.0347. The second kappa shape index (κ2) is 2.56. The normalized spacial score (nSPS) is 12.8. The topological polar surface area (TPSA) is 63.9 Å². The van der Waals surface area contributed by atoms with Crippen LogP contribution in [0, 0.1) is 0 Å². The first kappa shape index (κ1) is 8.06. The van der Waals surface area contributed by atoms with Crippen molar-refractivity contribution in [1.29, 1.82) is 0 Å². The fourth-order valence-corrected chi connectivity index (χ4v) is 1.27. The molecule has 0 bridgehead atoms. The SMILES string of the molecule is CN(C)C[Si](O)(O)O. The van der Waals surface area contributed by atoms with Crippen LogP contribution in [0.3, 0.4) is 0 Å². The maximum absolute atomic E-state index is 8.40. The highest BCUT2D eigenvalue weighted by molar-refractivity contribution is 6.56. The summed E-state index contributed by atoms with van der Waals surface area (Å²) in [5, 5.41) is 0. The summed E-state index contributed by atoms with van der Waals surface area (Å²) in [4.78, 5) is 26.7. The summed E-state index contributed by atoms with van der Waals surface area (Å²) in [5.41, 5.74) is 0. The van der Waals surface area contributed by atoms with Crippen molar-refractivity contribution in [3.8, 4) is 0 Å². The molecule has 0 aromatic heterocycles. The number of rotatable bonds is 2. The molecular formula is C3H11NO3Si. The van der Waals surface area contributed by atoms with Gasteiger partial charge in [-0.2, -0.15) is 0 Å². The highest BCUT2D eigenvalue weighted by atomic mass is 28.4. The molecule has 5 heteroatoms. The molecule has 50 valence electrons. The zero-order valence-corrected chi connectivity index (χ0v) is 6.00. The lowest BCUT2D eigenvalue weighted by Gasteiger charge is -2.13. The molecular weight excluding hydrogens is 126 g/mol. The largest absolute Gasteiger partial charge is 0.507 e. The van der Waals surface area contributed by atoms with Crippen molar-refractivity contribution >= 4 is 8.80 Å². The van der Waals surface area contributed by atoms with Crippen LogP contribution < -0.4 is 0 Å². The average molecular weight is 137 g/mol. The van der Waals surface area contributed by atoms with Gasteiger partial charge in [0.1, 0.15) is 0 Å². The molecule has 8 heavy (non-hydrogen) atoms. The van der Waals surface area contributed by atoms with Gasteiger partial charge in [-0.3, -0.25) is 0 Å². The molecule has 4 nitrogen and oxygen atoms in total. The Morgan fingerprint density at radius 1 is 1.25 bits per heavy atom. The monoisotopic (exact) mass is 137 g/mol. The van der Waals surface area contributed by atoms with Crippen LogP contribution in [0.15, 0.2) is 0 Å². The molecule has 0 amide bonds. The van der Waals surface area contributed by atoms with Crippen LogP contribution in [0.4, 0.5) is 0 Å². The fraction of sp³-hybridized carbons (Fsp3) is 1.00. The van der Waals surface area contributed by atoms with Crippen LogP contribution in [0.25, 0.3) is 0 Å². The molecule has 0 rings (SSSR count). The summed E-state index contributed by atoms with van der Waals surface area (Å²) in [5.74, 6) is 0. The molecule has 0 aliphatic rings. The van der Waals surface area contributed by atoms with Gasteiger partial charge < -0.3 is 19.3 Å². The van der Waals surface area contributed by atoms with E-state index < -0.39 is 8.80 Å². The maximum Gasteiger partial charge on any atom is 0.507 e. The van der Waals surface area contributed by atoms with Crippen LogP contribution in [0.2, 0.25) is 0 Å². The molecule has 0 aliphatic carbocycles. The Morgan fingerprint density at radius 3 is 1.62 bits per heavy atom. The summed E-state index contributed by atoms with van der Waals surface area (Å²) in [7, 11) is -0.480. The molecule has 0 aromatic carbocycles. The van der Waals surface area contributed by atoms with E-state index in [-0.39, 0.29) is 6.17 Å². The van der Waals surface area contributed by atoms with Crippen molar-refractivity contribution in [3.63, 3.8) is 0 Å². The van der Waals surface area contributed by atoms with E-state index in [0.29, 0.717) is 0 Å². The summed E-state index contributed by atoms with van der Waals surface area (Å²) >= 11 is 0. The molecule has 0 radical (unpaired) electrons. The van der Waals surface area contributed by atoms with Gasteiger partial charge in [-0.1, -0.05) is 0 Å². The highest BCUT2D eigenvalue weighted by Crippen LogP contribution is 1.85. The van der Waals surface area contributed by atoms with Gasteiger partial charge in [0.2, 0.25) is 0 Å². The summed E-state index contributed by atoms with van der Waals surface area (Å²) in [6.07, 6.45) is -0.0347. The van der Waals surface area contributed by atoms with Gasteiger partial charge in [-0.25, -0.2) is 0 Å².